The number of H-pyrrole nitrogens is 2. The average Bonchev–Trinajstić information content (AvgIpc) is 2.77. The molecule has 3 N–H and O–H groups in total. The van der Waals surface area contributed by atoms with Gasteiger partial charge >= 0.3 is 5.69 Å². The predicted molar refractivity (Wildman–Crippen MR) is 61.6 cm³/mol. The second kappa shape index (κ2) is 4.67. The van der Waals surface area contributed by atoms with Gasteiger partial charge in [0.2, 0.25) is 10.0 Å². The van der Waals surface area contributed by atoms with Crippen molar-refractivity contribution in [2.75, 3.05) is 19.7 Å². The molecule has 1 aromatic heterocycles. The third-order valence-electron chi connectivity index (χ3n) is 2.91. The van der Waals surface area contributed by atoms with Crippen molar-refractivity contribution in [3.63, 3.8) is 0 Å². The molecule has 2 rings (SSSR count). The first-order valence-electron chi connectivity index (χ1n) is 5.38. The van der Waals surface area contributed by atoms with E-state index in [0.29, 0.717) is 6.42 Å². The lowest BCUT2D eigenvalue weighted by Crippen LogP contribution is -2.35. The topological polar surface area (TPSA) is 123 Å². The summed E-state index contributed by atoms with van der Waals surface area (Å²) in [6, 6.07) is 0. The largest absolute Gasteiger partial charge is 0.396 e. The highest BCUT2D eigenvalue weighted by molar-refractivity contribution is 7.89. The van der Waals surface area contributed by atoms with Crippen LogP contribution in [0.3, 0.4) is 0 Å². The zero-order valence-electron chi connectivity index (χ0n) is 9.42. The molecule has 0 spiro atoms. The molecule has 0 saturated carbocycles. The highest BCUT2D eigenvalue weighted by Crippen LogP contribution is 2.21. The van der Waals surface area contributed by atoms with Gasteiger partial charge in [0.05, 0.1) is 0 Å². The summed E-state index contributed by atoms with van der Waals surface area (Å²) >= 11 is 0. The zero-order chi connectivity index (χ0) is 13.3. The van der Waals surface area contributed by atoms with Crippen LogP contribution >= 0.6 is 0 Å². The van der Waals surface area contributed by atoms with Gasteiger partial charge in [-0.3, -0.25) is 9.78 Å². The van der Waals surface area contributed by atoms with E-state index in [-0.39, 0.29) is 25.6 Å². The summed E-state index contributed by atoms with van der Waals surface area (Å²) < 4.78 is 25.4. The molecule has 100 valence electrons. The van der Waals surface area contributed by atoms with E-state index in [1.807, 2.05) is 4.98 Å². The van der Waals surface area contributed by atoms with Gasteiger partial charge < -0.3 is 10.1 Å². The number of aromatic nitrogens is 2. The summed E-state index contributed by atoms with van der Waals surface area (Å²) in [6.07, 6.45) is 1.44. The Morgan fingerprint density at radius 1 is 1.44 bits per heavy atom. The maximum atomic E-state index is 12.1. The van der Waals surface area contributed by atoms with Gasteiger partial charge in [0, 0.05) is 25.9 Å². The van der Waals surface area contributed by atoms with Crippen LogP contribution in [0, 0.1) is 5.92 Å². The molecule has 1 aromatic rings. The van der Waals surface area contributed by atoms with E-state index in [2.05, 4.69) is 4.98 Å². The molecule has 1 unspecified atom stereocenters. The lowest BCUT2D eigenvalue weighted by Gasteiger charge is -2.15. The number of aliphatic hydroxyl groups is 1. The van der Waals surface area contributed by atoms with Crippen LogP contribution in [0.5, 0.6) is 0 Å². The van der Waals surface area contributed by atoms with Gasteiger partial charge in [-0.1, -0.05) is 0 Å². The average molecular weight is 275 g/mol. The minimum Gasteiger partial charge on any atom is -0.396 e. The molecule has 1 atom stereocenters. The summed E-state index contributed by atoms with van der Waals surface area (Å²) in [5.74, 6) is -0.110. The molecule has 0 radical (unpaired) electrons. The fourth-order valence-electron chi connectivity index (χ4n) is 1.89. The van der Waals surface area contributed by atoms with E-state index in [1.165, 1.54) is 0 Å². The molecular weight excluding hydrogens is 262 g/mol. The molecule has 0 bridgehead atoms. The van der Waals surface area contributed by atoms with E-state index in [4.69, 9.17) is 5.11 Å². The maximum absolute atomic E-state index is 12.1. The minimum absolute atomic E-state index is 0.0893. The normalized spacial score (nSPS) is 21.3. The highest BCUT2D eigenvalue weighted by atomic mass is 32.2. The van der Waals surface area contributed by atoms with Crippen LogP contribution in [0.4, 0.5) is 0 Å². The molecule has 0 amide bonds. The molecule has 9 heteroatoms. The predicted octanol–water partition coefficient (Wildman–Crippen LogP) is -1.93. The standard InChI is InChI=1S/C9H13N3O5S/c13-5-6-1-2-12(4-6)18(16,17)7-3-10-9(15)11-8(7)14/h3,6,13H,1-2,4-5H2,(H2,10,11,14,15). The molecule has 0 aromatic carbocycles. The van der Waals surface area contributed by atoms with E-state index in [0.717, 1.165) is 10.5 Å². The SMILES string of the molecule is O=c1[nH]cc(S(=O)(=O)N2CCC(CO)C2)c(=O)[nH]1. The molecule has 1 aliphatic heterocycles. The van der Waals surface area contributed by atoms with Crippen molar-refractivity contribution in [1.29, 1.82) is 0 Å². The molecular formula is C9H13N3O5S. The van der Waals surface area contributed by atoms with E-state index in [9.17, 15) is 18.0 Å². The number of rotatable bonds is 3. The van der Waals surface area contributed by atoms with E-state index >= 15 is 0 Å². The van der Waals surface area contributed by atoms with Crippen LogP contribution in [0.2, 0.25) is 0 Å². The Bertz CT molecular complexity index is 647. The van der Waals surface area contributed by atoms with Crippen LogP contribution < -0.4 is 11.2 Å². The van der Waals surface area contributed by atoms with Gasteiger partial charge in [-0.05, 0) is 12.3 Å². The maximum Gasteiger partial charge on any atom is 0.325 e. The Kier molecular flexibility index (Phi) is 3.37. The second-order valence-corrected chi connectivity index (χ2v) is 6.04. The summed E-state index contributed by atoms with van der Waals surface area (Å²) in [4.78, 5) is 25.8. The lowest BCUT2D eigenvalue weighted by atomic mass is 10.1. The Hall–Kier alpha value is -1.45. The van der Waals surface area contributed by atoms with Gasteiger partial charge in [0.25, 0.3) is 5.56 Å². The van der Waals surface area contributed by atoms with Crippen molar-refractivity contribution in [2.45, 2.75) is 11.3 Å². The first kappa shape index (κ1) is 13.0. The van der Waals surface area contributed by atoms with Crippen molar-refractivity contribution < 1.29 is 13.5 Å². The number of hydrogen-bond donors (Lipinski definition) is 3. The molecule has 1 fully saturated rings. The van der Waals surface area contributed by atoms with Crippen LogP contribution in [0.15, 0.2) is 20.7 Å². The zero-order valence-corrected chi connectivity index (χ0v) is 10.2. The minimum atomic E-state index is -3.92. The summed E-state index contributed by atoms with van der Waals surface area (Å²) in [5, 5.41) is 8.97. The Labute approximate surface area is 102 Å². The first-order chi connectivity index (χ1) is 8.45. The quantitative estimate of drug-likeness (QED) is 0.592. The smallest absolute Gasteiger partial charge is 0.325 e. The molecule has 8 nitrogen and oxygen atoms in total. The fraction of sp³-hybridized carbons (Fsp3) is 0.556. The van der Waals surface area contributed by atoms with Crippen molar-refractivity contribution in [2.24, 2.45) is 5.92 Å². The molecule has 1 saturated heterocycles. The number of nitrogens with zero attached hydrogens (tertiary/aromatic N) is 1. The number of sulfonamides is 1. The Morgan fingerprint density at radius 2 is 2.17 bits per heavy atom. The molecule has 1 aliphatic rings. The number of aliphatic hydroxyl groups excluding tert-OH is 1. The van der Waals surface area contributed by atoms with E-state index in [1.54, 1.807) is 0 Å². The monoisotopic (exact) mass is 275 g/mol. The van der Waals surface area contributed by atoms with Gasteiger partial charge in [0.15, 0.2) is 4.90 Å². The molecule has 0 aliphatic carbocycles. The number of hydrogen-bond acceptors (Lipinski definition) is 5. The number of nitrogens with one attached hydrogen (secondary N) is 2. The van der Waals surface area contributed by atoms with Crippen LogP contribution in [-0.2, 0) is 10.0 Å². The lowest BCUT2D eigenvalue weighted by molar-refractivity contribution is 0.233. The van der Waals surface area contributed by atoms with Gasteiger partial charge in [-0.25, -0.2) is 13.2 Å². The molecule has 18 heavy (non-hydrogen) atoms. The van der Waals surface area contributed by atoms with E-state index < -0.39 is 26.2 Å². The van der Waals surface area contributed by atoms with Crippen molar-refractivity contribution in [3.8, 4) is 0 Å². The highest BCUT2D eigenvalue weighted by Gasteiger charge is 2.33. The summed E-state index contributed by atoms with van der Waals surface area (Å²) in [7, 11) is -3.92. The third-order valence-corrected chi connectivity index (χ3v) is 4.78. The summed E-state index contributed by atoms with van der Waals surface area (Å²) in [6.45, 7) is 0.345. The van der Waals surface area contributed by atoms with Crippen molar-refractivity contribution in [1.82, 2.24) is 14.3 Å². The van der Waals surface area contributed by atoms with Crippen molar-refractivity contribution >= 4 is 10.0 Å². The first-order valence-corrected chi connectivity index (χ1v) is 6.82. The molecule has 2 heterocycles. The Balaban J connectivity index is 2.37. The Morgan fingerprint density at radius 3 is 2.72 bits per heavy atom. The fourth-order valence-corrected chi connectivity index (χ4v) is 3.42. The van der Waals surface area contributed by atoms with Crippen molar-refractivity contribution in [3.05, 3.63) is 27.0 Å². The van der Waals surface area contributed by atoms with Crippen LogP contribution in [0.25, 0.3) is 0 Å². The third kappa shape index (κ3) is 2.24. The number of aromatic amines is 2. The second-order valence-electron chi connectivity index (χ2n) is 4.14. The van der Waals surface area contributed by atoms with Gasteiger partial charge in [-0.15, -0.1) is 0 Å². The van der Waals surface area contributed by atoms with Gasteiger partial charge in [-0.2, -0.15) is 4.31 Å². The van der Waals surface area contributed by atoms with Gasteiger partial charge in [0.1, 0.15) is 0 Å². The summed E-state index contributed by atoms with van der Waals surface area (Å²) in [5.41, 5.74) is -1.69. The van der Waals surface area contributed by atoms with Crippen LogP contribution in [-0.4, -0.2) is 47.5 Å². The van der Waals surface area contributed by atoms with Crippen LogP contribution in [0.1, 0.15) is 6.42 Å².